The number of aromatic nitrogens is 3. The van der Waals surface area contributed by atoms with Crippen molar-refractivity contribution in [2.24, 2.45) is 0 Å². The Balaban J connectivity index is 1.54. The van der Waals surface area contributed by atoms with Crippen LogP contribution in [0, 0.1) is 0 Å². The van der Waals surface area contributed by atoms with E-state index in [1.165, 1.54) is 17.7 Å². The molecule has 0 N–H and O–H groups in total. The zero-order valence-electron chi connectivity index (χ0n) is 14.5. The zero-order valence-corrected chi connectivity index (χ0v) is 15.3. The summed E-state index contributed by atoms with van der Waals surface area (Å²) in [4.78, 5) is 17.3. The number of piperazine rings is 1. The van der Waals surface area contributed by atoms with Crippen molar-refractivity contribution in [1.82, 2.24) is 24.0 Å². The second kappa shape index (κ2) is 7.94. The van der Waals surface area contributed by atoms with Gasteiger partial charge in [0, 0.05) is 26.2 Å². The van der Waals surface area contributed by atoms with Gasteiger partial charge < -0.3 is 4.74 Å². The molecule has 0 spiro atoms. The first-order valence-corrected chi connectivity index (χ1v) is 9.81. The lowest BCUT2D eigenvalue weighted by molar-refractivity contribution is 0.0585. The van der Waals surface area contributed by atoms with Gasteiger partial charge in [0.25, 0.3) is 5.82 Å². The van der Waals surface area contributed by atoms with Crippen LogP contribution in [0.5, 0.6) is 0 Å². The van der Waals surface area contributed by atoms with Crippen molar-refractivity contribution in [3.63, 3.8) is 0 Å². The molecule has 0 atom stereocenters. The molecule has 0 aliphatic carbocycles. The fourth-order valence-electron chi connectivity index (χ4n) is 2.78. The molecular formula is C16H21N5O4S. The predicted octanol–water partition coefficient (Wildman–Crippen LogP) is 0.170. The Kier molecular flexibility index (Phi) is 5.64. The molecule has 10 heteroatoms. The molecule has 2 aromatic rings. The number of ether oxygens (including phenoxy) is 1. The number of carbonyl (C=O) groups is 1. The number of esters is 1. The summed E-state index contributed by atoms with van der Waals surface area (Å²) >= 11 is 0. The zero-order chi connectivity index (χ0) is 18.6. The lowest BCUT2D eigenvalue weighted by Crippen LogP contribution is -2.49. The van der Waals surface area contributed by atoms with Crippen LogP contribution >= 0.6 is 0 Å². The van der Waals surface area contributed by atoms with E-state index < -0.39 is 16.0 Å². The van der Waals surface area contributed by atoms with Crippen LogP contribution < -0.4 is 0 Å². The molecule has 1 aromatic heterocycles. The molecule has 1 fully saturated rings. The number of carbonyl (C=O) groups excluding carboxylic acids is 1. The van der Waals surface area contributed by atoms with E-state index in [1.54, 1.807) is 4.68 Å². The Morgan fingerprint density at radius 1 is 1.15 bits per heavy atom. The highest BCUT2D eigenvalue weighted by atomic mass is 32.2. The molecule has 140 valence electrons. The minimum absolute atomic E-state index is 0.0107. The van der Waals surface area contributed by atoms with Crippen LogP contribution in [-0.2, 0) is 27.2 Å². The second-order valence-electron chi connectivity index (χ2n) is 6.00. The average Bonchev–Trinajstić information content (AvgIpc) is 3.10. The number of nitrogens with zero attached hydrogens (tertiary/aromatic N) is 5. The highest BCUT2D eigenvalue weighted by molar-refractivity contribution is 7.88. The molecule has 2 heterocycles. The topological polar surface area (TPSA) is 97.6 Å². The van der Waals surface area contributed by atoms with Crippen LogP contribution in [0.4, 0.5) is 0 Å². The normalized spacial score (nSPS) is 16.5. The van der Waals surface area contributed by atoms with Crippen molar-refractivity contribution in [1.29, 1.82) is 0 Å². The first kappa shape index (κ1) is 18.5. The third-order valence-corrected chi connectivity index (χ3v) is 6.02. The standard InChI is InChI=1S/C16H21N5O4S/c1-25-16(22)15-17-12-20(18-15)13-19-7-9-21(10-8-19)26(23,24)11-14-5-3-2-4-6-14/h2-6,12H,7-11,13H2,1H3. The van der Waals surface area contributed by atoms with Gasteiger partial charge in [0.05, 0.1) is 19.5 Å². The predicted molar refractivity (Wildman–Crippen MR) is 93.6 cm³/mol. The number of methoxy groups -OCH3 is 1. The van der Waals surface area contributed by atoms with Gasteiger partial charge >= 0.3 is 5.97 Å². The highest BCUT2D eigenvalue weighted by Crippen LogP contribution is 2.14. The molecule has 3 rings (SSSR count). The van der Waals surface area contributed by atoms with Crippen molar-refractivity contribution in [3.05, 3.63) is 48.0 Å². The van der Waals surface area contributed by atoms with E-state index in [2.05, 4.69) is 19.7 Å². The minimum Gasteiger partial charge on any atom is -0.463 e. The second-order valence-corrected chi connectivity index (χ2v) is 7.97. The lowest BCUT2D eigenvalue weighted by atomic mass is 10.2. The molecule has 0 unspecified atom stereocenters. The monoisotopic (exact) mass is 379 g/mol. The maximum absolute atomic E-state index is 12.6. The van der Waals surface area contributed by atoms with E-state index in [0.29, 0.717) is 32.8 Å². The van der Waals surface area contributed by atoms with E-state index in [1.807, 2.05) is 30.3 Å². The molecule has 1 aliphatic heterocycles. The van der Waals surface area contributed by atoms with Gasteiger partial charge in [-0.1, -0.05) is 30.3 Å². The van der Waals surface area contributed by atoms with E-state index >= 15 is 0 Å². The molecule has 1 saturated heterocycles. The first-order valence-electron chi connectivity index (χ1n) is 8.20. The molecule has 0 radical (unpaired) electrons. The van der Waals surface area contributed by atoms with Gasteiger partial charge in [-0.25, -0.2) is 22.9 Å². The summed E-state index contributed by atoms with van der Waals surface area (Å²) in [5, 5.41) is 4.06. The Morgan fingerprint density at radius 2 is 1.85 bits per heavy atom. The van der Waals surface area contributed by atoms with Crippen molar-refractivity contribution in [2.75, 3.05) is 33.3 Å². The van der Waals surface area contributed by atoms with Gasteiger partial charge in [0.2, 0.25) is 10.0 Å². The Morgan fingerprint density at radius 3 is 2.50 bits per heavy atom. The van der Waals surface area contributed by atoms with Crippen LogP contribution in [0.2, 0.25) is 0 Å². The van der Waals surface area contributed by atoms with Crippen molar-refractivity contribution >= 4 is 16.0 Å². The van der Waals surface area contributed by atoms with E-state index in [9.17, 15) is 13.2 Å². The van der Waals surface area contributed by atoms with Crippen molar-refractivity contribution in [3.8, 4) is 0 Å². The molecule has 0 amide bonds. The molecule has 0 bridgehead atoms. The van der Waals surface area contributed by atoms with E-state index in [-0.39, 0.29) is 11.6 Å². The van der Waals surface area contributed by atoms with Gasteiger partial charge in [-0.2, -0.15) is 4.31 Å². The van der Waals surface area contributed by atoms with Gasteiger partial charge in [-0.05, 0) is 5.56 Å². The Bertz CT molecular complexity index is 845. The summed E-state index contributed by atoms with van der Waals surface area (Å²) in [7, 11) is -2.06. The lowest BCUT2D eigenvalue weighted by Gasteiger charge is -2.33. The van der Waals surface area contributed by atoms with Crippen LogP contribution in [-0.4, -0.2) is 71.6 Å². The summed E-state index contributed by atoms with van der Waals surface area (Å²) in [5.41, 5.74) is 0.785. The third kappa shape index (κ3) is 4.45. The Labute approximate surface area is 152 Å². The largest absolute Gasteiger partial charge is 0.463 e. The quantitative estimate of drug-likeness (QED) is 0.660. The maximum atomic E-state index is 12.6. The average molecular weight is 379 g/mol. The van der Waals surface area contributed by atoms with E-state index in [4.69, 9.17) is 0 Å². The van der Waals surface area contributed by atoms with Gasteiger partial charge in [0.15, 0.2) is 0 Å². The summed E-state index contributed by atoms with van der Waals surface area (Å²) < 4.78 is 32.8. The maximum Gasteiger partial charge on any atom is 0.377 e. The molecule has 9 nitrogen and oxygen atoms in total. The summed E-state index contributed by atoms with van der Waals surface area (Å²) in [6.07, 6.45) is 1.46. The van der Waals surface area contributed by atoms with Crippen LogP contribution in [0.3, 0.4) is 0 Å². The van der Waals surface area contributed by atoms with Crippen LogP contribution in [0.25, 0.3) is 0 Å². The number of hydrogen-bond acceptors (Lipinski definition) is 7. The van der Waals surface area contributed by atoms with Crippen molar-refractivity contribution < 1.29 is 17.9 Å². The molecule has 0 saturated carbocycles. The summed E-state index contributed by atoms with van der Waals surface area (Å²) in [5.74, 6) is -0.559. The molecule has 1 aliphatic rings. The van der Waals surface area contributed by atoms with Gasteiger partial charge in [-0.3, -0.25) is 4.90 Å². The molecule has 26 heavy (non-hydrogen) atoms. The van der Waals surface area contributed by atoms with Gasteiger partial charge in [0.1, 0.15) is 6.33 Å². The SMILES string of the molecule is COC(=O)c1ncn(CN2CCN(S(=O)(=O)Cc3ccccc3)CC2)n1. The van der Waals surface area contributed by atoms with E-state index in [0.717, 1.165) is 5.56 Å². The number of benzene rings is 1. The minimum atomic E-state index is -3.33. The number of hydrogen-bond donors (Lipinski definition) is 0. The fraction of sp³-hybridized carbons (Fsp3) is 0.438. The smallest absolute Gasteiger partial charge is 0.377 e. The van der Waals surface area contributed by atoms with Gasteiger partial charge in [-0.15, -0.1) is 5.10 Å². The summed E-state index contributed by atoms with van der Waals surface area (Å²) in [6.45, 7) is 2.46. The molecule has 1 aromatic carbocycles. The van der Waals surface area contributed by atoms with Crippen LogP contribution in [0.1, 0.15) is 16.2 Å². The highest BCUT2D eigenvalue weighted by Gasteiger charge is 2.27. The third-order valence-electron chi connectivity index (χ3n) is 4.17. The number of rotatable bonds is 6. The Hall–Kier alpha value is -2.30. The molecular weight excluding hydrogens is 358 g/mol. The summed E-state index contributed by atoms with van der Waals surface area (Å²) in [6, 6.07) is 9.17. The van der Waals surface area contributed by atoms with Crippen molar-refractivity contribution in [2.45, 2.75) is 12.4 Å². The fourth-order valence-corrected chi connectivity index (χ4v) is 4.29. The number of sulfonamides is 1. The first-order chi connectivity index (χ1) is 12.5. The van der Waals surface area contributed by atoms with Crippen LogP contribution in [0.15, 0.2) is 36.7 Å².